The van der Waals surface area contributed by atoms with Gasteiger partial charge < -0.3 is 14.5 Å². The Balaban J connectivity index is 1.76. The first-order chi connectivity index (χ1) is 12.6. The lowest BCUT2D eigenvalue weighted by Crippen LogP contribution is -2.39. The fraction of sp³-hybridized carbons (Fsp3) is 0.421. The Kier molecular flexibility index (Phi) is 4.46. The van der Waals surface area contributed by atoms with Crippen molar-refractivity contribution < 1.29 is 9.53 Å². The summed E-state index contributed by atoms with van der Waals surface area (Å²) in [6.07, 6.45) is 1.60. The summed E-state index contributed by atoms with van der Waals surface area (Å²) in [7, 11) is 1.82. The van der Waals surface area contributed by atoms with Crippen LogP contribution in [0.1, 0.15) is 16.8 Å². The van der Waals surface area contributed by atoms with Crippen LogP contribution in [-0.2, 0) is 17.8 Å². The standard InChI is InChI=1S/C19H23N5O2/c1-14-4-3-5-15(10-14)24-11-16-17(12-22(2)19(24)25)20-13-21-18(16)23-6-8-26-9-7-23/h3-5,10,13H,6-9,11-12H2,1-2H3. The molecule has 2 aliphatic rings. The number of ether oxygens (including phenoxy) is 1. The Bertz CT molecular complexity index is 819. The molecule has 7 nitrogen and oxygen atoms in total. The SMILES string of the molecule is Cc1cccc(N2Cc3c(ncnc3N3CCOCC3)CN(C)C2=O)c1. The number of aryl methyl sites for hydroxylation is 1. The number of fused-ring (bicyclic) bond motifs is 1. The molecule has 0 bridgehead atoms. The lowest BCUT2D eigenvalue weighted by Gasteiger charge is -2.30. The Morgan fingerprint density at radius 2 is 1.92 bits per heavy atom. The Hall–Kier alpha value is -2.67. The number of carbonyl (C=O) groups is 1. The van der Waals surface area contributed by atoms with E-state index in [0.717, 1.165) is 41.4 Å². The van der Waals surface area contributed by atoms with Gasteiger partial charge >= 0.3 is 6.03 Å². The molecule has 4 rings (SSSR count). The van der Waals surface area contributed by atoms with Crippen molar-refractivity contribution in [2.75, 3.05) is 43.2 Å². The van der Waals surface area contributed by atoms with E-state index >= 15 is 0 Å². The molecule has 1 saturated heterocycles. The van der Waals surface area contributed by atoms with Gasteiger partial charge in [-0.1, -0.05) is 12.1 Å². The fourth-order valence-electron chi connectivity index (χ4n) is 3.51. The number of morpholine rings is 1. The molecule has 0 radical (unpaired) electrons. The van der Waals surface area contributed by atoms with Crippen molar-refractivity contribution in [1.82, 2.24) is 14.9 Å². The van der Waals surface area contributed by atoms with Crippen LogP contribution in [0.3, 0.4) is 0 Å². The van der Waals surface area contributed by atoms with Gasteiger partial charge in [0.2, 0.25) is 0 Å². The van der Waals surface area contributed by atoms with Gasteiger partial charge in [-0.05, 0) is 24.6 Å². The number of benzene rings is 1. The number of carbonyl (C=O) groups excluding carboxylic acids is 1. The highest BCUT2D eigenvalue weighted by atomic mass is 16.5. The molecule has 1 fully saturated rings. The predicted molar refractivity (Wildman–Crippen MR) is 99.3 cm³/mol. The van der Waals surface area contributed by atoms with Crippen LogP contribution in [0.2, 0.25) is 0 Å². The zero-order valence-corrected chi connectivity index (χ0v) is 15.2. The number of amides is 2. The molecule has 0 unspecified atom stereocenters. The van der Waals surface area contributed by atoms with Crippen LogP contribution in [0.5, 0.6) is 0 Å². The fourth-order valence-corrected chi connectivity index (χ4v) is 3.51. The number of hydrogen-bond donors (Lipinski definition) is 0. The molecule has 1 aromatic heterocycles. The summed E-state index contributed by atoms with van der Waals surface area (Å²) in [6.45, 7) is 5.98. The Morgan fingerprint density at radius 3 is 2.69 bits per heavy atom. The van der Waals surface area contributed by atoms with Crippen molar-refractivity contribution in [3.05, 3.63) is 47.4 Å². The van der Waals surface area contributed by atoms with Crippen molar-refractivity contribution in [2.45, 2.75) is 20.0 Å². The first-order valence-corrected chi connectivity index (χ1v) is 8.88. The molecule has 0 atom stereocenters. The van der Waals surface area contributed by atoms with Crippen molar-refractivity contribution in [3.63, 3.8) is 0 Å². The second kappa shape index (κ2) is 6.92. The number of anilines is 2. The minimum Gasteiger partial charge on any atom is -0.378 e. The maximum absolute atomic E-state index is 13.0. The number of aromatic nitrogens is 2. The molecule has 0 aliphatic carbocycles. The summed E-state index contributed by atoms with van der Waals surface area (Å²) >= 11 is 0. The first kappa shape index (κ1) is 16.8. The lowest BCUT2D eigenvalue weighted by atomic mass is 10.1. The molecule has 136 valence electrons. The average molecular weight is 353 g/mol. The molecule has 2 aliphatic heterocycles. The van der Waals surface area contributed by atoms with E-state index in [1.807, 2.05) is 43.1 Å². The highest BCUT2D eigenvalue weighted by Crippen LogP contribution is 2.29. The highest BCUT2D eigenvalue weighted by Gasteiger charge is 2.30. The third-order valence-electron chi connectivity index (χ3n) is 4.90. The summed E-state index contributed by atoms with van der Waals surface area (Å²) < 4.78 is 5.47. The number of hydrogen-bond acceptors (Lipinski definition) is 5. The molecular weight excluding hydrogens is 330 g/mol. The highest BCUT2D eigenvalue weighted by molar-refractivity contribution is 5.92. The van der Waals surface area contributed by atoms with Crippen LogP contribution in [-0.4, -0.2) is 54.2 Å². The van der Waals surface area contributed by atoms with E-state index in [9.17, 15) is 4.79 Å². The van der Waals surface area contributed by atoms with Crippen LogP contribution in [0.15, 0.2) is 30.6 Å². The molecular formula is C19H23N5O2. The summed E-state index contributed by atoms with van der Waals surface area (Å²) in [4.78, 5) is 27.8. The van der Waals surface area contributed by atoms with Gasteiger partial charge in [-0.3, -0.25) is 4.90 Å². The molecule has 7 heteroatoms. The van der Waals surface area contributed by atoms with Crippen LogP contribution in [0.4, 0.5) is 16.3 Å². The summed E-state index contributed by atoms with van der Waals surface area (Å²) in [5.41, 5.74) is 3.95. The van der Waals surface area contributed by atoms with Crippen molar-refractivity contribution in [2.24, 2.45) is 0 Å². The molecule has 0 N–H and O–H groups in total. The minimum atomic E-state index is -0.0264. The summed E-state index contributed by atoms with van der Waals surface area (Å²) in [5, 5.41) is 0. The Morgan fingerprint density at radius 1 is 1.12 bits per heavy atom. The van der Waals surface area contributed by atoms with Crippen LogP contribution in [0, 0.1) is 6.92 Å². The van der Waals surface area contributed by atoms with E-state index in [0.29, 0.717) is 26.3 Å². The smallest absolute Gasteiger partial charge is 0.324 e. The average Bonchev–Trinajstić information content (AvgIpc) is 2.79. The van der Waals surface area contributed by atoms with Gasteiger partial charge in [-0.2, -0.15) is 0 Å². The molecule has 2 aromatic rings. The molecule has 1 aromatic carbocycles. The van der Waals surface area contributed by atoms with E-state index in [-0.39, 0.29) is 6.03 Å². The van der Waals surface area contributed by atoms with Gasteiger partial charge in [-0.25, -0.2) is 14.8 Å². The quantitative estimate of drug-likeness (QED) is 0.828. The molecule has 0 spiro atoms. The van der Waals surface area contributed by atoms with Crippen LogP contribution in [0.25, 0.3) is 0 Å². The second-order valence-electron chi connectivity index (χ2n) is 6.79. The van der Waals surface area contributed by atoms with Gasteiger partial charge in [0, 0.05) is 31.4 Å². The van der Waals surface area contributed by atoms with E-state index < -0.39 is 0 Å². The van der Waals surface area contributed by atoms with E-state index in [2.05, 4.69) is 14.9 Å². The first-order valence-electron chi connectivity index (χ1n) is 8.88. The molecule has 26 heavy (non-hydrogen) atoms. The van der Waals surface area contributed by atoms with Crippen LogP contribution >= 0.6 is 0 Å². The van der Waals surface area contributed by atoms with Crippen LogP contribution < -0.4 is 9.80 Å². The minimum absolute atomic E-state index is 0.0264. The molecule has 2 amide bonds. The molecule has 3 heterocycles. The second-order valence-corrected chi connectivity index (χ2v) is 6.79. The van der Waals surface area contributed by atoms with Gasteiger partial charge in [0.15, 0.2) is 0 Å². The number of nitrogens with zero attached hydrogens (tertiary/aromatic N) is 5. The van der Waals surface area contributed by atoms with Gasteiger partial charge in [0.25, 0.3) is 0 Å². The normalized spacial score (nSPS) is 17.9. The maximum atomic E-state index is 13.0. The van der Waals surface area contributed by atoms with E-state index in [4.69, 9.17) is 4.74 Å². The third kappa shape index (κ3) is 3.10. The lowest BCUT2D eigenvalue weighted by molar-refractivity contribution is 0.122. The third-order valence-corrected chi connectivity index (χ3v) is 4.90. The zero-order valence-electron chi connectivity index (χ0n) is 15.2. The summed E-state index contributed by atoms with van der Waals surface area (Å²) in [6, 6.07) is 8.00. The van der Waals surface area contributed by atoms with E-state index in [1.54, 1.807) is 11.2 Å². The maximum Gasteiger partial charge on any atom is 0.324 e. The number of rotatable bonds is 2. The summed E-state index contributed by atoms with van der Waals surface area (Å²) in [5.74, 6) is 0.916. The van der Waals surface area contributed by atoms with Gasteiger partial charge in [0.05, 0.1) is 32.0 Å². The van der Waals surface area contributed by atoms with Crippen molar-refractivity contribution in [3.8, 4) is 0 Å². The van der Waals surface area contributed by atoms with E-state index in [1.165, 1.54) is 0 Å². The zero-order chi connectivity index (χ0) is 18.1. The monoisotopic (exact) mass is 353 g/mol. The van der Waals surface area contributed by atoms with Gasteiger partial charge in [-0.15, -0.1) is 0 Å². The van der Waals surface area contributed by atoms with Gasteiger partial charge in [0.1, 0.15) is 12.1 Å². The topological polar surface area (TPSA) is 61.8 Å². The molecule has 0 saturated carbocycles. The Labute approximate surface area is 153 Å². The van der Waals surface area contributed by atoms with Crippen molar-refractivity contribution in [1.29, 1.82) is 0 Å². The van der Waals surface area contributed by atoms with Crippen molar-refractivity contribution >= 4 is 17.5 Å². The predicted octanol–water partition coefficient (Wildman–Crippen LogP) is 2.19. The largest absolute Gasteiger partial charge is 0.378 e. The number of urea groups is 1.